The Morgan fingerprint density at radius 2 is 1.90 bits per heavy atom. The Kier molecular flexibility index (Phi) is 6.54. The summed E-state index contributed by atoms with van der Waals surface area (Å²) in [6.07, 6.45) is 2.85. The highest BCUT2D eigenvalue weighted by Gasteiger charge is 2.31. The van der Waals surface area contributed by atoms with E-state index in [1.807, 2.05) is 25.1 Å². The van der Waals surface area contributed by atoms with Crippen LogP contribution in [0.25, 0.3) is 0 Å². The molecule has 110 valence electrons. The van der Waals surface area contributed by atoms with Gasteiger partial charge in [-0.15, -0.1) is 0 Å². The lowest BCUT2D eigenvalue weighted by Crippen LogP contribution is -2.47. The van der Waals surface area contributed by atoms with Crippen molar-refractivity contribution in [1.82, 2.24) is 4.90 Å². The summed E-state index contributed by atoms with van der Waals surface area (Å²) in [5.41, 5.74) is 0.684. The Labute approximate surface area is 123 Å². The summed E-state index contributed by atoms with van der Waals surface area (Å²) in [6.45, 7) is 8.28. The minimum Gasteiger partial charge on any atom is -0.497 e. The SMILES string of the molecule is CCCN(CCC)C(C)(C#N)Cc1cccc(OC)c1. The van der Waals surface area contributed by atoms with Gasteiger partial charge in [-0.25, -0.2) is 0 Å². The van der Waals surface area contributed by atoms with E-state index >= 15 is 0 Å². The molecular weight excluding hydrogens is 248 g/mol. The molecule has 3 nitrogen and oxygen atoms in total. The number of rotatable bonds is 8. The molecular formula is C17H26N2O. The molecule has 1 aromatic carbocycles. The first-order valence-corrected chi connectivity index (χ1v) is 7.38. The lowest BCUT2D eigenvalue weighted by atomic mass is 9.91. The first-order chi connectivity index (χ1) is 9.59. The molecule has 0 aliphatic carbocycles. The molecule has 1 aromatic rings. The molecule has 1 rings (SSSR count). The van der Waals surface area contributed by atoms with Gasteiger partial charge in [0.1, 0.15) is 11.3 Å². The summed E-state index contributed by atoms with van der Waals surface area (Å²) < 4.78 is 5.26. The van der Waals surface area contributed by atoms with Crippen molar-refractivity contribution < 1.29 is 4.74 Å². The van der Waals surface area contributed by atoms with Crippen molar-refractivity contribution in [2.24, 2.45) is 0 Å². The molecule has 0 saturated heterocycles. The van der Waals surface area contributed by atoms with Crippen molar-refractivity contribution in [3.8, 4) is 11.8 Å². The van der Waals surface area contributed by atoms with Crippen LogP contribution in [-0.4, -0.2) is 30.6 Å². The van der Waals surface area contributed by atoms with Crippen LogP contribution >= 0.6 is 0 Å². The van der Waals surface area contributed by atoms with E-state index in [0.29, 0.717) is 0 Å². The fourth-order valence-corrected chi connectivity index (χ4v) is 2.55. The number of ether oxygens (including phenoxy) is 1. The Balaban J connectivity index is 2.94. The summed E-state index contributed by atoms with van der Waals surface area (Å²) >= 11 is 0. The van der Waals surface area contributed by atoms with Gasteiger partial charge in [0.05, 0.1) is 13.2 Å². The van der Waals surface area contributed by atoms with E-state index in [1.165, 1.54) is 0 Å². The lowest BCUT2D eigenvalue weighted by molar-refractivity contribution is 0.151. The van der Waals surface area contributed by atoms with Crippen molar-refractivity contribution in [3.05, 3.63) is 29.8 Å². The van der Waals surface area contributed by atoms with Gasteiger partial charge in [-0.2, -0.15) is 5.26 Å². The maximum Gasteiger partial charge on any atom is 0.119 e. The number of nitriles is 1. The molecule has 3 heteroatoms. The smallest absolute Gasteiger partial charge is 0.119 e. The van der Waals surface area contributed by atoms with Gasteiger partial charge >= 0.3 is 0 Å². The number of hydrogen-bond acceptors (Lipinski definition) is 3. The predicted octanol–water partition coefficient (Wildman–Crippen LogP) is 3.64. The van der Waals surface area contributed by atoms with Crippen LogP contribution in [0.15, 0.2) is 24.3 Å². The number of methoxy groups -OCH3 is 1. The number of benzene rings is 1. The van der Waals surface area contributed by atoms with Crippen LogP contribution in [0.1, 0.15) is 39.2 Å². The third kappa shape index (κ3) is 4.25. The normalized spacial score (nSPS) is 13.8. The van der Waals surface area contributed by atoms with Gasteiger partial charge in [0.25, 0.3) is 0 Å². The van der Waals surface area contributed by atoms with Gasteiger partial charge in [-0.1, -0.05) is 26.0 Å². The number of hydrogen-bond donors (Lipinski definition) is 0. The van der Waals surface area contributed by atoms with Gasteiger partial charge in [0.15, 0.2) is 0 Å². The minimum atomic E-state index is -0.460. The first kappa shape index (κ1) is 16.5. The minimum absolute atomic E-state index is 0.460. The summed E-state index contributed by atoms with van der Waals surface area (Å²) in [4.78, 5) is 2.30. The molecule has 0 aromatic heterocycles. The summed E-state index contributed by atoms with van der Waals surface area (Å²) in [6, 6.07) is 10.5. The molecule has 0 saturated carbocycles. The molecule has 1 atom stereocenters. The molecule has 0 spiro atoms. The zero-order valence-electron chi connectivity index (χ0n) is 13.1. The van der Waals surface area contributed by atoms with Crippen molar-refractivity contribution in [2.75, 3.05) is 20.2 Å². The molecule has 0 aliphatic rings. The van der Waals surface area contributed by atoms with Crippen molar-refractivity contribution in [1.29, 1.82) is 5.26 Å². The van der Waals surface area contributed by atoms with E-state index in [2.05, 4.69) is 30.9 Å². The average Bonchev–Trinajstić information content (AvgIpc) is 2.47. The van der Waals surface area contributed by atoms with Gasteiger partial charge in [0, 0.05) is 6.42 Å². The largest absolute Gasteiger partial charge is 0.497 e. The van der Waals surface area contributed by atoms with Crippen LogP contribution in [-0.2, 0) is 6.42 Å². The third-order valence-electron chi connectivity index (χ3n) is 3.61. The predicted molar refractivity (Wildman–Crippen MR) is 82.9 cm³/mol. The average molecular weight is 274 g/mol. The summed E-state index contributed by atoms with van der Waals surface area (Å²) in [5, 5.41) is 9.67. The van der Waals surface area contributed by atoms with Gasteiger partial charge < -0.3 is 4.74 Å². The van der Waals surface area contributed by atoms with Crippen molar-refractivity contribution in [3.63, 3.8) is 0 Å². The quantitative estimate of drug-likeness (QED) is 0.726. The first-order valence-electron chi connectivity index (χ1n) is 7.38. The molecule has 1 unspecified atom stereocenters. The molecule has 0 aliphatic heterocycles. The second-order valence-electron chi connectivity index (χ2n) is 5.40. The van der Waals surface area contributed by atoms with Gasteiger partial charge in [-0.3, -0.25) is 4.90 Å². The second-order valence-corrected chi connectivity index (χ2v) is 5.40. The molecule has 0 fully saturated rings. The van der Waals surface area contributed by atoms with Crippen LogP contribution in [0.4, 0.5) is 0 Å². The van der Waals surface area contributed by atoms with Crippen LogP contribution < -0.4 is 4.74 Å². The Bertz CT molecular complexity index is 447. The van der Waals surface area contributed by atoms with Gasteiger partial charge in [0.2, 0.25) is 0 Å². The van der Waals surface area contributed by atoms with E-state index in [1.54, 1.807) is 7.11 Å². The molecule has 0 bridgehead atoms. The second kappa shape index (κ2) is 7.91. The van der Waals surface area contributed by atoms with Crippen LogP contribution in [0.2, 0.25) is 0 Å². The molecule has 0 heterocycles. The standard InChI is InChI=1S/C17H26N2O/c1-5-10-19(11-6-2)17(3,14-18)13-15-8-7-9-16(12-15)20-4/h7-9,12H,5-6,10-11,13H2,1-4H3. The Hall–Kier alpha value is -1.53. The maximum absolute atomic E-state index is 9.67. The fourth-order valence-electron chi connectivity index (χ4n) is 2.55. The topological polar surface area (TPSA) is 36.3 Å². The monoisotopic (exact) mass is 274 g/mol. The highest BCUT2D eigenvalue weighted by atomic mass is 16.5. The molecule has 0 N–H and O–H groups in total. The Morgan fingerprint density at radius 3 is 2.40 bits per heavy atom. The van der Waals surface area contributed by atoms with E-state index in [0.717, 1.165) is 43.7 Å². The zero-order valence-corrected chi connectivity index (χ0v) is 13.1. The van der Waals surface area contributed by atoms with Crippen molar-refractivity contribution in [2.45, 2.75) is 45.6 Å². The van der Waals surface area contributed by atoms with Crippen LogP contribution in [0.5, 0.6) is 5.75 Å². The van der Waals surface area contributed by atoms with E-state index in [-0.39, 0.29) is 0 Å². The molecule has 0 radical (unpaired) electrons. The Morgan fingerprint density at radius 1 is 1.25 bits per heavy atom. The molecule has 20 heavy (non-hydrogen) atoms. The van der Waals surface area contributed by atoms with E-state index in [9.17, 15) is 5.26 Å². The van der Waals surface area contributed by atoms with Crippen LogP contribution in [0.3, 0.4) is 0 Å². The summed E-state index contributed by atoms with van der Waals surface area (Å²) in [7, 11) is 1.67. The highest BCUT2D eigenvalue weighted by molar-refractivity contribution is 5.31. The number of nitrogens with zero attached hydrogens (tertiary/aromatic N) is 2. The molecule has 0 amide bonds. The van der Waals surface area contributed by atoms with Crippen molar-refractivity contribution >= 4 is 0 Å². The lowest BCUT2D eigenvalue weighted by Gasteiger charge is -2.36. The zero-order chi connectivity index (χ0) is 15.0. The van der Waals surface area contributed by atoms with Crippen LogP contribution in [0, 0.1) is 11.3 Å². The third-order valence-corrected chi connectivity index (χ3v) is 3.61. The van der Waals surface area contributed by atoms with E-state index in [4.69, 9.17) is 4.74 Å². The van der Waals surface area contributed by atoms with Gasteiger partial charge in [-0.05, 0) is 50.6 Å². The summed E-state index contributed by atoms with van der Waals surface area (Å²) in [5.74, 6) is 0.848. The maximum atomic E-state index is 9.67. The fraction of sp³-hybridized carbons (Fsp3) is 0.588. The highest BCUT2D eigenvalue weighted by Crippen LogP contribution is 2.23. The van der Waals surface area contributed by atoms with E-state index < -0.39 is 5.54 Å².